The van der Waals surface area contributed by atoms with Crippen LogP contribution in [0.5, 0.6) is 5.75 Å². The van der Waals surface area contributed by atoms with E-state index >= 15 is 0 Å². The third-order valence-electron chi connectivity index (χ3n) is 3.89. The van der Waals surface area contributed by atoms with Crippen LogP contribution in [0.2, 0.25) is 0 Å². The number of carboxylic acid groups (broad SMARTS) is 1. The predicted octanol–water partition coefficient (Wildman–Crippen LogP) is 1.79. The first kappa shape index (κ1) is 15.8. The fraction of sp³-hybridized carbons (Fsp3) is 0.562. The summed E-state index contributed by atoms with van der Waals surface area (Å²) in [5, 5.41) is 9.14. The van der Waals surface area contributed by atoms with E-state index in [-0.39, 0.29) is 11.7 Å². The minimum atomic E-state index is -0.947. The zero-order chi connectivity index (χ0) is 15.2. The van der Waals surface area contributed by atoms with E-state index in [0.29, 0.717) is 5.75 Å². The molecule has 0 aromatic heterocycles. The second-order valence-electron chi connectivity index (χ2n) is 5.66. The lowest BCUT2D eigenvalue weighted by atomic mass is 10.2. The van der Waals surface area contributed by atoms with Gasteiger partial charge in [0.1, 0.15) is 11.3 Å². The van der Waals surface area contributed by atoms with Crippen molar-refractivity contribution in [1.82, 2.24) is 9.80 Å². The van der Waals surface area contributed by atoms with Crippen LogP contribution in [-0.4, -0.2) is 66.8 Å². The Labute approximate surface area is 126 Å². The van der Waals surface area contributed by atoms with Crippen molar-refractivity contribution in [3.05, 3.63) is 29.8 Å². The molecule has 0 aliphatic carbocycles. The maximum Gasteiger partial charge on any atom is 0.339 e. The van der Waals surface area contributed by atoms with Gasteiger partial charge in [0, 0.05) is 32.7 Å². The number of benzene rings is 1. The van der Waals surface area contributed by atoms with Crippen LogP contribution in [-0.2, 0) is 0 Å². The fourth-order valence-corrected chi connectivity index (χ4v) is 2.46. The van der Waals surface area contributed by atoms with E-state index in [0.717, 1.165) is 39.1 Å². The Kier molecular flexibility index (Phi) is 5.59. The molecule has 1 unspecified atom stereocenters. The maximum atomic E-state index is 11.1. The largest absolute Gasteiger partial charge is 0.490 e. The van der Waals surface area contributed by atoms with Gasteiger partial charge in [-0.25, -0.2) is 4.79 Å². The number of piperazine rings is 1. The second-order valence-corrected chi connectivity index (χ2v) is 5.66. The molecule has 1 heterocycles. The van der Waals surface area contributed by atoms with Gasteiger partial charge in [0.25, 0.3) is 0 Å². The molecule has 1 aromatic rings. The average molecular weight is 292 g/mol. The summed E-state index contributed by atoms with van der Waals surface area (Å²) in [7, 11) is 2.14. The molecule has 1 aromatic carbocycles. The van der Waals surface area contributed by atoms with E-state index in [1.165, 1.54) is 0 Å². The highest BCUT2D eigenvalue weighted by Gasteiger charge is 2.16. The van der Waals surface area contributed by atoms with Crippen molar-refractivity contribution in [3.63, 3.8) is 0 Å². The first-order chi connectivity index (χ1) is 10.1. The Morgan fingerprint density at radius 3 is 2.62 bits per heavy atom. The van der Waals surface area contributed by atoms with Crippen molar-refractivity contribution < 1.29 is 14.6 Å². The summed E-state index contributed by atoms with van der Waals surface area (Å²) in [5.74, 6) is -0.493. The van der Waals surface area contributed by atoms with E-state index in [4.69, 9.17) is 9.84 Å². The van der Waals surface area contributed by atoms with Crippen LogP contribution in [0.1, 0.15) is 23.7 Å². The third kappa shape index (κ3) is 4.72. The molecule has 1 aliphatic rings. The number of likely N-dealkylation sites (N-methyl/N-ethyl adjacent to an activating group) is 1. The molecule has 1 atom stereocenters. The topological polar surface area (TPSA) is 53.0 Å². The highest BCUT2D eigenvalue weighted by molar-refractivity contribution is 5.90. The minimum Gasteiger partial charge on any atom is -0.490 e. The molecule has 1 aliphatic heterocycles. The molecule has 21 heavy (non-hydrogen) atoms. The van der Waals surface area contributed by atoms with E-state index < -0.39 is 5.97 Å². The van der Waals surface area contributed by atoms with Crippen molar-refractivity contribution in [2.75, 3.05) is 39.8 Å². The van der Waals surface area contributed by atoms with E-state index in [2.05, 4.69) is 16.8 Å². The minimum absolute atomic E-state index is 0.00477. The standard InChI is InChI=1S/C16H24N2O3/c1-13(7-8-18-11-9-17(2)10-12-18)21-15-6-4-3-5-14(15)16(19)20/h3-6,13H,7-12H2,1-2H3,(H,19,20). The van der Waals surface area contributed by atoms with Crippen LogP contribution in [0, 0.1) is 0 Å². The number of rotatable bonds is 6. The van der Waals surface area contributed by atoms with Crippen molar-refractivity contribution in [2.45, 2.75) is 19.4 Å². The molecular formula is C16H24N2O3. The molecule has 116 valence electrons. The molecule has 0 bridgehead atoms. The lowest BCUT2D eigenvalue weighted by Gasteiger charge is -2.32. The summed E-state index contributed by atoms with van der Waals surface area (Å²) in [6.07, 6.45) is 0.905. The highest BCUT2D eigenvalue weighted by atomic mass is 16.5. The third-order valence-corrected chi connectivity index (χ3v) is 3.89. The smallest absolute Gasteiger partial charge is 0.339 e. The van der Waals surface area contributed by atoms with Crippen molar-refractivity contribution >= 4 is 5.97 Å². The Morgan fingerprint density at radius 2 is 1.95 bits per heavy atom. The average Bonchev–Trinajstić information content (AvgIpc) is 2.47. The summed E-state index contributed by atoms with van der Waals surface area (Å²) in [4.78, 5) is 15.9. The maximum absolute atomic E-state index is 11.1. The number of hydrogen-bond acceptors (Lipinski definition) is 4. The number of para-hydroxylation sites is 1. The summed E-state index contributed by atoms with van der Waals surface area (Å²) in [6.45, 7) is 7.39. The number of hydrogen-bond donors (Lipinski definition) is 1. The number of nitrogens with zero attached hydrogens (tertiary/aromatic N) is 2. The molecule has 1 fully saturated rings. The van der Waals surface area contributed by atoms with Gasteiger partial charge in [-0.1, -0.05) is 12.1 Å². The van der Waals surface area contributed by atoms with Crippen LogP contribution >= 0.6 is 0 Å². The number of ether oxygens (including phenoxy) is 1. The molecule has 1 N–H and O–H groups in total. The SMILES string of the molecule is CC(CCN1CCN(C)CC1)Oc1ccccc1C(=O)O. The first-order valence-corrected chi connectivity index (χ1v) is 7.46. The fourth-order valence-electron chi connectivity index (χ4n) is 2.46. The Morgan fingerprint density at radius 1 is 1.29 bits per heavy atom. The molecule has 0 saturated carbocycles. The summed E-state index contributed by atoms with van der Waals surface area (Å²) in [5.41, 5.74) is 0.226. The van der Waals surface area contributed by atoms with Gasteiger partial charge in [-0.2, -0.15) is 0 Å². The molecule has 0 radical (unpaired) electrons. The number of carbonyl (C=O) groups is 1. The van der Waals surface area contributed by atoms with Crippen LogP contribution in [0.25, 0.3) is 0 Å². The van der Waals surface area contributed by atoms with E-state index in [1.807, 2.05) is 6.92 Å². The predicted molar refractivity (Wildman–Crippen MR) is 82.0 cm³/mol. The number of aromatic carboxylic acids is 1. The van der Waals surface area contributed by atoms with Gasteiger partial charge in [-0.3, -0.25) is 0 Å². The monoisotopic (exact) mass is 292 g/mol. The van der Waals surface area contributed by atoms with Crippen molar-refractivity contribution in [1.29, 1.82) is 0 Å². The van der Waals surface area contributed by atoms with Gasteiger partial charge in [0.05, 0.1) is 6.10 Å². The summed E-state index contributed by atoms with van der Waals surface area (Å²) >= 11 is 0. The highest BCUT2D eigenvalue weighted by Crippen LogP contribution is 2.20. The molecule has 2 rings (SSSR count). The van der Waals surface area contributed by atoms with Crippen LogP contribution in [0.4, 0.5) is 0 Å². The van der Waals surface area contributed by atoms with Crippen LogP contribution < -0.4 is 4.74 Å². The molecule has 0 amide bonds. The zero-order valence-electron chi connectivity index (χ0n) is 12.8. The second kappa shape index (κ2) is 7.43. The van der Waals surface area contributed by atoms with Crippen LogP contribution in [0.15, 0.2) is 24.3 Å². The lowest BCUT2D eigenvalue weighted by Crippen LogP contribution is -2.45. The van der Waals surface area contributed by atoms with Gasteiger partial charge < -0.3 is 19.6 Å². The molecular weight excluding hydrogens is 268 g/mol. The lowest BCUT2D eigenvalue weighted by molar-refractivity contribution is 0.0688. The van der Waals surface area contributed by atoms with Gasteiger partial charge in [0.15, 0.2) is 0 Å². The summed E-state index contributed by atoms with van der Waals surface area (Å²) < 4.78 is 5.80. The first-order valence-electron chi connectivity index (χ1n) is 7.46. The van der Waals surface area contributed by atoms with Gasteiger partial charge >= 0.3 is 5.97 Å². The van der Waals surface area contributed by atoms with E-state index in [9.17, 15) is 4.79 Å². The Hall–Kier alpha value is -1.59. The zero-order valence-corrected chi connectivity index (χ0v) is 12.8. The molecule has 1 saturated heterocycles. The normalized spacial score (nSPS) is 18.4. The van der Waals surface area contributed by atoms with Crippen molar-refractivity contribution in [3.8, 4) is 5.75 Å². The Bertz CT molecular complexity index is 470. The van der Waals surface area contributed by atoms with Gasteiger partial charge in [-0.05, 0) is 32.5 Å². The van der Waals surface area contributed by atoms with Gasteiger partial charge in [-0.15, -0.1) is 0 Å². The molecule has 5 nitrogen and oxygen atoms in total. The van der Waals surface area contributed by atoms with Crippen LogP contribution in [0.3, 0.4) is 0 Å². The summed E-state index contributed by atoms with van der Waals surface area (Å²) in [6, 6.07) is 6.81. The number of carboxylic acids is 1. The Balaban J connectivity index is 1.82. The van der Waals surface area contributed by atoms with Crippen molar-refractivity contribution in [2.24, 2.45) is 0 Å². The molecule has 5 heteroatoms. The van der Waals surface area contributed by atoms with E-state index in [1.54, 1.807) is 24.3 Å². The quantitative estimate of drug-likeness (QED) is 0.866. The molecule has 0 spiro atoms. The van der Waals surface area contributed by atoms with Gasteiger partial charge in [0.2, 0.25) is 0 Å².